The zero-order chi connectivity index (χ0) is 28.7. The lowest BCUT2D eigenvalue weighted by Gasteiger charge is -2.31. The Labute approximate surface area is 224 Å². The van der Waals surface area contributed by atoms with Gasteiger partial charge in [0.05, 0.1) is 14.2 Å². The van der Waals surface area contributed by atoms with Gasteiger partial charge < -0.3 is 28.7 Å². The van der Waals surface area contributed by atoms with Crippen LogP contribution in [0.2, 0.25) is 0 Å². The summed E-state index contributed by atoms with van der Waals surface area (Å²) in [5, 5.41) is 0. The van der Waals surface area contributed by atoms with Crippen molar-refractivity contribution in [2.75, 3.05) is 14.2 Å². The summed E-state index contributed by atoms with van der Waals surface area (Å²) in [6.07, 6.45) is -1.44. The molecule has 0 radical (unpaired) electrons. The largest absolute Gasteiger partial charge is 0.489 e. The third-order valence-electron chi connectivity index (χ3n) is 5.73. The first-order valence-electron chi connectivity index (χ1n) is 12.6. The Bertz CT molecular complexity index is 1120. The first kappa shape index (κ1) is 30.4. The molecule has 0 saturated carbocycles. The highest BCUT2D eigenvalue weighted by Gasteiger charge is 2.35. The Hall–Kier alpha value is -3.82. The molecular weight excluding hydrogens is 490 g/mol. The molecule has 0 aliphatic carbocycles. The molecular formula is C28H39N3O7. The fourth-order valence-electron chi connectivity index (χ4n) is 4.24. The minimum Gasteiger partial charge on any atom is -0.489 e. The summed E-state index contributed by atoms with van der Waals surface area (Å²) in [6, 6.07) is 7.55. The van der Waals surface area contributed by atoms with Crippen molar-refractivity contribution in [2.24, 2.45) is 0 Å². The van der Waals surface area contributed by atoms with Gasteiger partial charge in [0.25, 0.3) is 5.88 Å². The van der Waals surface area contributed by atoms with Crippen LogP contribution in [0.15, 0.2) is 30.3 Å². The van der Waals surface area contributed by atoms with Crippen molar-refractivity contribution in [3.05, 3.63) is 41.5 Å². The van der Waals surface area contributed by atoms with E-state index in [4.69, 9.17) is 18.9 Å². The first-order valence-corrected chi connectivity index (χ1v) is 12.6. The number of rotatable bonds is 10. The van der Waals surface area contributed by atoms with Gasteiger partial charge >= 0.3 is 12.2 Å². The summed E-state index contributed by atoms with van der Waals surface area (Å²) in [5.74, 6) is -1.41. The van der Waals surface area contributed by atoms with Crippen LogP contribution in [0.3, 0.4) is 0 Å². The van der Waals surface area contributed by atoms with Crippen molar-refractivity contribution in [2.45, 2.75) is 79.6 Å². The standard InChI is InChI=1S/C28H39N3O7/c1-16(2)30(17(3)4)27(33)37-23-21(22(32)20-14-12-11-13-15-20)25(29-26(36-10)24(23)35-9)38-28(34)31(18(5)6)19(7)8/h11-19H,1-10H3. The van der Waals surface area contributed by atoms with E-state index in [1.54, 1.807) is 30.3 Å². The lowest BCUT2D eigenvalue weighted by Crippen LogP contribution is -2.44. The Morgan fingerprint density at radius 3 is 1.55 bits per heavy atom. The van der Waals surface area contributed by atoms with Crippen LogP contribution in [0.1, 0.15) is 71.3 Å². The summed E-state index contributed by atoms with van der Waals surface area (Å²) in [4.78, 5) is 47.7. The van der Waals surface area contributed by atoms with E-state index in [2.05, 4.69) is 4.98 Å². The molecule has 2 aromatic rings. The summed E-state index contributed by atoms with van der Waals surface area (Å²) in [6.45, 7) is 14.8. The number of carbonyl (C=O) groups is 3. The minimum atomic E-state index is -0.722. The van der Waals surface area contributed by atoms with E-state index in [9.17, 15) is 14.4 Å². The molecule has 0 N–H and O–H groups in total. The molecule has 0 atom stereocenters. The van der Waals surface area contributed by atoms with Crippen molar-refractivity contribution in [3.63, 3.8) is 0 Å². The fraction of sp³-hybridized carbons (Fsp3) is 0.500. The SMILES string of the molecule is COc1nc(OC(=O)N(C(C)C)C(C)C)c(C(=O)c2ccccc2)c(OC(=O)N(C(C)C)C(C)C)c1OC. The van der Waals surface area contributed by atoms with Crippen molar-refractivity contribution >= 4 is 18.0 Å². The van der Waals surface area contributed by atoms with Crippen molar-refractivity contribution in [1.29, 1.82) is 0 Å². The molecule has 1 aromatic heterocycles. The Morgan fingerprint density at radius 1 is 0.658 bits per heavy atom. The maximum Gasteiger partial charge on any atom is 0.417 e. The number of aromatic nitrogens is 1. The number of nitrogens with zero attached hydrogens (tertiary/aromatic N) is 3. The molecule has 208 valence electrons. The Kier molecular flexibility index (Phi) is 10.5. The van der Waals surface area contributed by atoms with Gasteiger partial charge in [-0.25, -0.2) is 9.59 Å². The van der Waals surface area contributed by atoms with Crippen LogP contribution in [0.4, 0.5) is 9.59 Å². The van der Waals surface area contributed by atoms with E-state index in [-0.39, 0.29) is 58.6 Å². The molecule has 0 aliphatic rings. The third kappa shape index (κ3) is 6.73. The molecule has 10 nitrogen and oxygen atoms in total. The average Bonchev–Trinajstić information content (AvgIpc) is 2.82. The molecule has 1 heterocycles. The lowest BCUT2D eigenvalue weighted by molar-refractivity contribution is 0.101. The van der Waals surface area contributed by atoms with E-state index in [1.165, 1.54) is 24.0 Å². The number of benzene rings is 1. The van der Waals surface area contributed by atoms with Gasteiger partial charge in [-0.3, -0.25) is 4.79 Å². The topological polar surface area (TPSA) is 108 Å². The predicted molar refractivity (Wildman–Crippen MR) is 143 cm³/mol. The smallest absolute Gasteiger partial charge is 0.417 e. The molecule has 1 aromatic carbocycles. The maximum atomic E-state index is 13.8. The number of hydrogen-bond donors (Lipinski definition) is 0. The van der Waals surface area contributed by atoms with Crippen LogP contribution < -0.4 is 18.9 Å². The molecule has 0 bridgehead atoms. The number of carbonyl (C=O) groups excluding carboxylic acids is 3. The minimum absolute atomic E-state index is 0.0861. The maximum absolute atomic E-state index is 13.8. The number of methoxy groups -OCH3 is 2. The van der Waals surface area contributed by atoms with E-state index < -0.39 is 18.0 Å². The molecule has 0 saturated heterocycles. The molecule has 0 spiro atoms. The van der Waals surface area contributed by atoms with Crippen LogP contribution in [0.25, 0.3) is 0 Å². The van der Waals surface area contributed by atoms with Crippen LogP contribution in [-0.2, 0) is 0 Å². The molecule has 0 aliphatic heterocycles. The normalized spacial score (nSPS) is 11.1. The van der Waals surface area contributed by atoms with Crippen LogP contribution in [-0.4, -0.2) is 71.1 Å². The van der Waals surface area contributed by atoms with E-state index in [0.717, 1.165) is 0 Å². The zero-order valence-corrected chi connectivity index (χ0v) is 23.9. The summed E-state index contributed by atoms with van der Waals surface area (Å²) in [7, 11) is 2.67. The molecule has 0 unspecified atom stereocenters. The van der Waals surface area contributed by atoms with Gasteiger partial charge in [-0.15, -0.1) is 0 Å². The summed E-state index contributed by atoms with van der Waals surface area (Å²) >= 11 is 0. The Balaban J connectivity index is 2.83. The lowest BCUT2D eigenvalue weighted by atomic mass is 10.0. The van der Waals surface area contributed by atoms with Crippen LogP contribution in [0.5, 0.6) is 23.3 Å². The molecule has 0 fully saturated rings. The fourth-order valence-corrected chi connectivity index (χ4v) is 4.24. The van der Waals surface area contributed by atoms with Crippen LogP contribution in [0, 0.1) is 0 Å². The molecule has 10 heteroatoms. The highest BCUT2D eigenvalue weighted by molar-refractivity contribution is 6.13. The van der Waals surface area contributed by atoms with Crippen molar-refractivity contribution in [1.82, 2.24) is 14.8 Å². The average molecular weight is 530 g/mol. The van der Waals surface area contributed by atoms with Gasteiger partial charge in [0.1, 0.15) is 5.56 Å². The van der Waals surface area contributed by atoms with E-state index in [0.29, 0.717) is 0 Å². The quantitative estimate of drug-likeness (QED) is 0.368. The van der Waals surface area contributed by atoms with Gasteiger partial charge in [-0.1, -0.05) is 30.3 Å². The third-order valence-corrected chi connectivity index (χ3v) is 5.73. The van der Waals surface area contributed by atoms with Crippen LogP contribution >= 0.6 is 0 Å². The highest BCUT2D eigenvalue weighted by Crippen LogP contribution is 2.44. The van der Waals surface area contributed by atoms with Gasteiger partial charge in [-0.05, 0) is 55.4 Å². The predicted octanol–water partition coefficient (Wildman–Crippen LogP) is 5.57. The number of ketones is 1. The van der Waals surface area contributed by atoms with Gasteiger partial charge in [0, 0.05) is 29.7 Å². The first-order chi connectivity index (χ1) is 17.8. The molecule has 2 rings (SSSR count). The second kappa shape index (κ2) is 13.1. The summed E-state index contributed by atoms with van der Waals surface area (Å²) < 4.78 is 22.4. The monoisotopic (exact) mass is 529 g/mol. The number of pyridine rings is 1. The number of hydrogen-bond acceptors (Lipinski definition) is 8. The second-order valence-electron chi connectivity index (χ2n) is 9.78. The summed E-state index contributed by atoms with van der Waals surface area (Å²) in [5.41, 5.74) is 0.0285. The van der Waals surface area contributed by atoms with E-state index in [1.807, 2.05) is 55.4 Å². The van der Waals surface area contributed by atoms with Gasteiger partial charge in [0.15, 0.2) is 5.75 Å². The van der Waals surface area contributed by atoms with Gasteiger partial charge in [-0.2, -0.15) is 4.98 Å². The highest BCUT2D eigenvalue weighted by atomic mass is 16.6. The molecule has 38 heavy (non-hydrogen) atoms. The van der Waals surface area contributed by atoms with Crippen molar-refractivity contribution in [3.8, 4) is 23.3 Å². The zero-order valence-electron chi connectivity index (χ0n) is 23.9. The Morgan fingerprint density at radius 2 is 1.13 bits per heavy atom. The number of amides is 2. The number of ether oxygens (including phenoxy) is 4. The van der Waals surface area contributed by atoms with Crippen molar-refractivity contribution < 1.29 is 33.3 Å². The van der Waals surface area contributed by atoms with Gasteiger partial charge in [0.2, 0.25) is 17.4 Å². The second-order valence-corrected chi connectivity index (χ2v) is 9.78. The molecule has 2 amide bonds. The van der Waals surface area contributed by atoms with E-state index >= 15 is 0 Å².